The van der Waals surface area contributed by atoms with E-state index in [0.717, 1.165) is 24.4 Å². The zero-order chi connectivity index (χ0) is 10.1. The summed E-state index contributed by atoms with van der Waals surface area (Å²) in [6.07, 6.45) is 10.9. The Kier molecular flexibility index (Phi) is 2.80. The lowest BCUT2D eigenvalue weighted by atomic mass is 9.93. The predicted molar refractivity (Wildman–Crippen MR) is 59.5 cm³/mol. The minimum absolute atomic E-state index is 0.555. The minimum Gasteiger partial charge on any atom is -0.372 e. The van der Waals surface area contributed by atoms with E-state index in [1.54, 1.807) is 0 Å². The van der Waals surface area contributed by atoms with E-state index in [1.165, 1.54) is 38.8 Å². The number of nitrogens with two attached hydrogens (primary N) is 1. The third-order valence-corrected chi connectivity index (χ3v) is 4.34. The van der Waals surface area contributed by atoms with Gasteiger partial charge in [-0.25, -0.2) is 0 Å². The van der Waals surface area contributed by atoms with Gasteiger partial charge < -0.3 is 10.1 Å². The molecule has 15 heavy (non-hydrogen) atoms. The molecule has 0 aromatic heterocycles. The summed E-state index contributed by atoms with van der Waals surface area (Å²) in [6, 6.07) is 0. The monoisotopic (exact) mass is 208 g/mol. The van der Waals surface area contributed by atoms with Gasteiger partial charge in [-0.1, -0.05) is 12.2 Å². The van der Waals surface area contributed by atoms with Crippen LogP contribution in [0.3, 0.4) is 0 Å². The molecular formula is C13H22NO+. The molecule has 3 aliphatic rings. The number of fused-ring (bicyclic) bond motifs is 2. The van der Waals surface area contributed by atoms with Gasteiger partial charge in [-0.2, -0.15) is 0 Å². The van der Waals surface area contributed by atoms with Crippen LogP contribution in [0, 0.1) is 17.8 Å². The summed E-state index contributed by atoms with van der Waals surface area (Å²) in [5.41, 5.74) is 0. The Morgan fingerprint density at radius 3 is 2.87 bits per heavy atom. The molecule has 2 fully saturated rings. The van der Waals surface area contributed by atoms with E-state index in [1.807, 2.05) is 0 Å². The Balaban J connectivity index is 1.38. The molecule has 2 heteroatoms. The molecular weight excluding hydrogens is 186 g/mol. The first kappa shape index (κ1) is 9.86. The fraction of sp³-hybridized carbons (Fsp3) is 0.846. The maximum absolute atomic E-state index is 5.63. The van der Waals surface area contributed by atoms with Gasteiger partial charge >= 0.3 is 0 Å². The van der Waals surface area contributed by atoms with Crippen LogP contribution in [0.25, 0.3) is 0 Å². The summed E-state index contributed by atoms with van der Waals surface area (Å²) in [7, 11) is 0. The highest BCUT2D eigenvalue weighted by atomic mass is 16.5. The lowest BCUT2D eigenvalue weighted by Crippen LogP contribution is -2.87. The highest BCUT2D eigenvalue weighted by Crippen LogP contribution is 2.42. The molecule has 84 valence electrons. The number of ether oxygens (including phenoxy) is 1. The van der Waals surface area contributed by atoms with Crippen molar-refractivity contribution < 1.29 is 10.1 Å². The van der Waals surface area contributed by atoms with E-state index >= 15 is 0 Å². The van der Waals surface area contributed by atoms with E-state index in [-0.39, 0.29) is 0 Å². The van der Waals surface area contributed by atoms with Gasteiger partial charge in [0.2, 0.25) is 0 Å². The summed E-state index contributed by atoms with van der Waals surface area (Å²) in [6.45, 7) is 3.51. The van der Waals surface area contributed by atoms with Crippen molar-refractivity contribution in [1.82, 2.24) is 0 Å². The van der Waals surface area contributed by atoms with Crippen LogP contribution in [0.2, 0.25) is 0 Å². The fourth-order valence-electron chi connectivity index (χ4n) is 3.49. The molecule has 0 aromatic rings. The number of rotatable bonds is 4. The van der Waals surface area contributed by atoms with Crippen LogP contribution in [-0.2, 0) is 4.74 Å². The zero-order valence-electron chi connectivity index (χ0n) is 9.40. The van der Waals surface area contributed by atoms with Crippen LogP contribution in [0.5, 0.6) is 0 Å². The van der Waals surface area contributed by atoms with Crippen LogP contribution in [0.1, 0.15) is 25.7 Å². The maximum atomic E-state index is 5.63. The summed E-state index contributed by atoms with van der Waals surface area (Å²) in [5.74, 6) is 2.80. The smallest absolute Gasteiger partial charge is 0.106 e. The number of hydrogen-bond acceptors (Lipinski definition) is 1. The highest BCUT2D eigenvalue weighted by molar-refractivity contribution is 5.09. The normalized spacial score (nSPS) is 42.9. The first-order chi connectivity index (χ1) is 7.42. The lowest BCUT2D eigenvalue weighted by Gasteiger charge is -2.17. The van der Waals surface area contributed by atoms with Crippen molar-refractivity contribution in [3.8, 4) is 0 Å². The minimum atomic E-state index is 0.555. The standard InChI is InChI=1S/C13H21NO/c1-2-13(15-5-1)9-14-8-12-7-10-3-4-11(12)6-10/h3-4,10-14H,1-2,5-9H2/p+1/t10-,11+,12-,13+/m1/s1. The van der Waals surface area contributed by atoms with Crippen molar-refractivity contribution in [3.63, 3.8) is 0 Å². The molecule has 2 bridgehead atoms. The molecule has 4 atom stereocenters. The summed E-state index contributed by atoms with van der Waals surface area (Å²) >= 11 is 0. The third-order valence-electron chi connectivity index (χ3n) is 4.34. The molecule has 1 saturated carbocycles. The molecule has 0 radical (unpaired) electrons. The summed E-state index contributed by atoms with van der Waals surface area (Å²) in [5, 5.41) is 2.50. The molecule has 3 rings (SSSR count). The highest BCUT2D eigenvalue weighted by Gasteiger charge is 2.36. The van der Waals surface area contributed by atoms with Crippen LogP contribution < -0.4 is 5.32 Å². The SMILES string of the molecule is C1=C[C@H]2C[C@@H]1C[C@@H]2C[NH2+]C[C@@H]1CCCO1. The van der Waals surface area contributed by atoms with Crippen LogP contribution in [0.15, 0.2) is 12.2 Å². The second-order valence-electron chi connectivity index (χ2n) is 5.44. The van der Waals surface area contributed by atoms with Gasteiger partial charge in [0, 0.05) is 12.5 Å². The second kappa shape index (κ2) is 4.26. The van der Waals surface area contributed by atoms with Crippen molar-refractivity contribution in [2.75, 3.05) is 19.7 Å². The topological polar surface area (TPSA) is 25.8 Å². The van der Waals surface area contributed by atoms with Gasteiger partial charge in [-0.05, 0) is 37.5 Å². The summed E-state index contributed by atoms with van der Waals surface area (Å²) < 4.78 is 5.63. The molecule has 2 nitrogen and oxygen atoms in total. The van der Waals surface area contributed by atoms with Gasteiger partial charge in [-0.15, -0.1) is 0 Å². The molecule has 2 aliphatic carbocycles. The fourth-order valence-corrected chi connectivity index (χ4v) is 3.49. The molecule has 2 N–H and O–H groups in total. The van der Waals surface area contributed by atoms with Crippen LogP contribution >= 0.6 is 0 Å². The first-order valence-corrected chi connectivity index (χ1v) is 6.53. The van der Waals surface area contributed by atoms with E-state index in [9.17, 15) is 0 Å². The molecule has 0 unspecified atom stereocenters. The van der Waals surface area contributed by atoms with Gasteiger partial charge in [0.25, 0.3) is 0 Å². The average Bonchev–Trinajstić information content (AvgIpc) is 2.93. The van der Waals surface area contributed by atoms with E-state index in [4.69, 9.17) is 4.74 Å². The van der Waals surface area contributed by atoms with Gasteiger partial charge in [0.1, 0.15) is 12.6 Å². The Morgan fingerprint density at radius 1 is 1.20 bits per heavy atom. The van der Waals surface area contributed by atoms with Crippen molar-refractivity contribution in [3.05, 3.63) is 12.2 Å². The Hall–Kier alpha value is -0.340. The largest absolute Gasteiger partial charge is 0.372 e. The van der Waals surface area contributed by atoms with E-state index in [2.05, 4.69) is 17.5 Å². The summed E-state index contributed by atoms with van der Waals surface area (Å²) in [4.78, 5) is 0. The Labute approximate surface area is 92.1 Å². The average molecular weight is 208 g/mol. The number of allylic oxidation sites excluding steroid dienone is 2. The van der Waals surface area contributed by atoms with E-state index < -0.39 is 0 Å². The van der Waals surface area contributed by atoms with Crippen molar-refractivity contribution in [2.24, 2.45) is 17.8 Å². The molecule has 0 aromatic carbocycles. The predicted octanol–water partition coefficient (Wildman–Crippen LogP) is 0.941. The van der Waals surface area contributed by atoms with Crippen LogP contribution in [0.4, 0.5) is 0 Å². The molecule has 1 aliphatic heterocycles. The first-order valence-electron chi connectivity index (χ1n) is 6.53. The zero-order valence-corrected chi connectivity index (χ0v) is 9.40. The molecule has 1 heterocycles. The Bertz CT molecular complexity index is 245. The molecule has 0 spiro atoms. The lowest BCUT2D eigenvalue weighted by molar-refractivity contribution is -0.666. The van der Waals surface area contributed by atoms with Crippen molar-refractivity contribution in [1.29, 1.82) is 0 Å². The van der Waals surface area contributed by atoms with Gasteiger partial charge in [-0.3, -0.25) is 0 Å². The molecule has 0 amide bonds. The van der Waals surface area contributed by atoms with E-state index in [0.29, 0.717) is 6.10 Å². The van der Waals surface area contributed by atoms with Crippen molar-refractivity contribution in [2.45, 2.75) is 31.8 Å². The second-order valence-corrected chi connectivity index (χ2v) is 5.44. The van der Waals surface area contributed by atoms with Crippen LogP contribution in [-0.4, -0.2) is 25.8 Å². The third kappa shape index (κ3) is 2.11. The number of quaternary nitrogens is 1. The Morgan fingerprint density at radius 2 is 2.20 bits per heavy atom. The van der Waals surface area contributed by atoms with Gasteiger partial charge in [0.05, 0.1) is 6.54 Å². The van der Waals surface area contributed by atoms with Crippen molar-refractivity contribution >= 4 is 0 Å². The quantitative estimate of drug-likeness (QED) is 0.684. The van der Waals surface area contributed by atoms with Gasteiger partial charge in [0.15, 0.2) is 0 Å². The molecule has 1 saturated heterocycles. The number of hydrogen-bond donors (Lipinski definition) is 1. The maximum Gasteiger partial charge on any atom is 0.106 e.